The summed E-state index contributed by atoms with van der Waals surface area (Å²) in [6.45, 7) is 1.49. The van der Waals surface area contributed by atoms with Crippen LogP contribution in [0.15, 0.2) is 91.0 Å². The molecule has 2 amide bonds. The second-order valence-electron chi connectivity index (χ2n) is 8.60. The summed E-state index contributed by atoms with van der Waals surface area (Å²) in [4.78, 5) is 40.0. The second-order valence-corrected chi connectivity index (χ2v) is 8.60. The number of nitrogens with one attached hydrogen (secondary N) is 2. The van der Waals surface area contributed by atoms with Gasteiger partial charge in [-0.15, -0.1) is 0 Å². The Hall–Kier alpha value is -3.77. The number of aliphatic hydroxyl groups is 1. The minimum absolute atomic E-state index is 0.296. The van der Waals surface area contributed by atoms with Gasteiger partial charge in [0.25, 0.3) is 0 Å². The van der Waals surface area contributed by atoms with Crippen LogP contribution < -0.4 is 10.6 Å². The van der Waals surface area contributed by atoms with Crippen molar-refractivity contribution in [1.29, 1.82) is 0 Å². The number of ketones is 1. The Morgan fingerprint density at radius 3 is 1.76 bits per heavy atom. The molecule has 4 rings (SSSR count). The molecule has 0 bridgehead atoms. The van der Waals surface area contributed by atoms with Gasteiger partial charge in [0.05, 0.1) is 11.5 Å². The van der Waals surface area contributed by atoms with Gasteiger partial charge in [-0.1, -0.05) is 66.7 Å². The summed E-state index contributed by atoms with van der Waals surface area (Å²) < 4.78 is 0. The van der Waals surface area contributed by atoms with E-state index in [2.05, 4.69) is 10.6 Å². The van der Waals surface area contributed by atoms with Crippen LogP contribution in [0, 0.1) is 11.8 Å². The van der Waals surface area contributed by atoms with E-state index in [9.17, 15) is 19.5 Å². The van der Waals surface area contributed by atoms with E-state index in [0.29, 0.717) is 16.9 Å². The van der Waals surface area contributed by atoms with Gasteiger partial charge in [-0.2, -0.15) is 0 Å². The van der Waals surface area contributed by atoms with Crippen LogP contribution in [0.5, 0.6) is 0 Å². The predicted octanol–water partition coefficient (Wildman–Crippen LogP) is 4.00. The fraction of sp³-hybridized carbons (Fsp3) is 0.222. The number of hydrogen-bond donors (Lipinski definition) is 3. The molecule has 0 spiro atoms. The lowest BCUT2D eigenvalue weighted by atomic mass is 9.61. The maximum absolute atomic E-state index is 13.5. The number of carbonyl (C=O) groups excluding carboxylic acids is 3. The van der Waals surface area contributed by atoms with E-state index in [1.54, 1.807) is 72.8 Å². The Morgan fingerprint density at radius 2 is 1.24 bits per heavy atom. The molecule has 1 saturated carbocycles. The van der Waals surface area contributed by atoms with Crippen LogP contribution >= 0.6 is 0 Å². The number of anilines is 2. The van der Waals surface area contributed by atoms with Crippen molar-refractivity contribution >= 4 is 29.0 Å². The standard InChI is InChI=1S/C27H26N2O4/c1-27(33)17-21(30)23(25(31)28-19-13-7-3-8-14-19)22(18-11-5-2-6-12-18)24(27)26(32)29-20-15-9-4-10-16-20/h2-16,22-24,33H,17H2,1H3,(H,28,31)(H,29,32)/t22-,23+,24-,27-/m1/s1. The Balaban J connectivity index is 1.74. The van der Waals surface area contributed by atoms with Gasteiger partial charge in [0.1, 0.15) is 11.7 Å². The Bertz CT molecular complexity index is 1130. The topological polar surface area (TPSA) is 95.5 Å². The molecule has 6 heteroatoms. The molecule has 6 nitrogen and oxygen atoms in total. The maximum Gasteiger partial charge on any atom is 0.235 e. The second kappa shape index (κ2) is 9.38. The molecule has 3 aromatic carbocycles. The number of rotatable bonds is 5. The third-order valence-electron chi connectivity index (χ3n) is 6.10. The Kier molecular flexibility index (Phi) is 6.38. The van der Waals surface area contributed by atoms with Crippen LogP contribution in [0.1, 0.15) is 24.8 Å². The third-order valence-corrected chi connectivity index (χ3v) is 6.10. The zero-order valence-electron chi connectivity index (χ0n) is 18.3. The van der Waals surface area contributed by atoms with Gasteiger partial charge >= 0.3 is 0 Å². The lowest BCUT2D eigenvalue weighted by Gasteiger charge is -2.44. The molecule has 0 aliphatic heterocycles. The normalized spacial score (nSPS) is 24.7. The summed E-state index contributed by atoms with van der Waals surface area (Å²) in [5.74, 6) is -4.32. The highest BCUT2D eigenvalue weighted by Crippen LogP contribution is 2.46. The number of carbonyl (C=O) groups is 3. The largest absolute Gasteiger partial charge is 0.389 e. The first-order chi connectivity index (χ1) is 15.9. The summed E-state index contributed by atoms with van der Waals surface area (Å²) in [5.41, 5.74) is 0.157. The fourth-order valence-corrected chi connectivity index (χ4v) is 4.65. The van der Waals surface area contributed by atoms with Crippen molar-refractivity contribution in [2.45, 2.75) is 24.9 Å². The molecular weight excluding hydrogens is 416 g/mol. The minimum Gasteiger partial charge on any atom is -0.389 e. The quantitative estimate of drug-likeness (QED) is 0.521. The van der Waals surface area contributed by atoms with E-state index in [4.69, 9.17) is 0 Å². The van der Waals surface area contributed by atoms with E-state index >= 15 is 0 Å². The van der Waals surface area contributed by atoms with Crippen LogP contribution in [-0.4, -0.2) is 28.3 Å². The highest BCUT2D eigenvalue weighted by atomic mass is 16.3. The van der Waals surface area contributed by atoms with Crippen molar-refractivity contribution in [2.75, 3.05) is 10.6 Å². The van der Waals surface area contributed by atoms with Crippen molar-refractivity contribution < 1.29 is 19.5 Å². The van der Waals surface area contributed by atoms with Crippen molar-refractivity contribution in [2.24, 2.45) is 11.8 Å². The van der Waals surface area contributed by atoms with Crippen LogP contribution in [0.25, 0.3) is 0 Å². The predicted molar refractivity (Wildman–Crippen MR) is 127 cm³/mol. The van der Waals surface area contributed by atoms with Gasteiger partial charge in [0.15, 0.2) is 0 Å². The zero-order valence-corrected chi connectivity index (χ0v) is 18.3. The maximum atomic E-state index is 13.5. The van der Waals surface area contributed by atoms with E-state index in [0.717, 1.165) is 0 Å². The molecule has 1 fully saturated rings. The average molecular weight is 443 g/mol. The summed E-state index contributed by atoms with van der Waals surface area (Å²) in [6, 6.07) is 26.8. The monoisotopic (exact) mass is 442 g/mol. The lowest BCUT2D eigenvalue weighted by molar-refractivity contribution is -0.150. The molecule has 0 aromatic heterocycles. The molecular formula is C27H26N2O4. The fourth-order valence-electron chi connectivity index (χ4n) is 4.65. The third kappa shape index (κ3) is 4.86. The zero-order chi connectivity index (χ0) is 23.4. The van der Waals surface area contributed by atoms with Crippen molar-refractivity contribution in [1.82, 2.24) is 0 Å². The van der Waals surface area contributed by atoms with Crippen LogP contribution in [-0.2, 0) is 14.4 Å². The molecule has 3 N–H and O–H groups in total. The molecule has 0 saturated heterocycles. The van der Waals surface area contributed by atoms with Crippen molar-refractivity contribution in [3.8, 4) is 0 Å². The number of benzene rings is 3. The van der Waals surface area contributed by atoms with Crippen LogP contribution in [0.3, 0.4) is 0 Å². The van der Waals surface area contributed by atoms with Crippen molar-refractivity contribution in [3.63, 3.8) is 0 Å². The van der Waals surface area contributed by atoms with E-state index in [1.807, 2.05) is 18.2 Å². The molecule has 0 heterocycles. The number of hydrogen-bond acceptors (Lipinski definition) is 4. The van der Waals surface area contributed by atoms with E-state index in [1.165, 1.54) is 6.92 Å². The van der Waals surface area contributed by atoms with Gasteiger partial charge < -0.3 is 15.7 Å². The molecule has 4 atom stereocenters. The first kappa shape index (κ1) is 22.4. The van der Waals surface area contributed by atoms with Gasteiger partial charge in [-0.05, 0) is 36.8 Å². The first-order valence-corrected chi connectivity index (χ1v) is 10.9. The number of Topliss-reactive ketones (excluding diaryl/α,β-unsaturated/α-hetero) is 1. The highest BCUT2D eigenvalue weighted by molar-refractivity contribution is 6.10. The highest BCUT2D eigenvalue weighted by Gasteiger charge is 2.55. The Morgan fingerprint density at radius 1 is 0.788 bits per heavy atom. The summed E-state index contributed by atoms with van der Waals surface area (Å²) in [6.07, 6.45) is -0.296. The van der Waals surface area contributed by atoms with E-state index in [-0.39, 0.29) is 6.42 Å². The molecule has 1 aliphatic carbocycles. The molecule has 33 heavy (non-hydrogen) atoms. The smallest absolute Gasteiger partial charge is 0.235 e. The summed E-state index contributed by atoms with van der Waals surface area (Å²) in [7, 11) is 0. The first-order valence-electron chi connectivity index (χ1n) is 10.9. The summed E-state index contributed by atoms with van der Waals surface area (Å²) >= 11 is 0. The van der Waals surface area contributed by atoms with Gasteiger partial charge in [-0.25, -0.2) is 0 Å². The summed E-state index contributed by atoms with van der Waals surface area (Å²) in [5, 5.41) is 16.9. The van der Waals surface area contributed by atoms with Gasteiger partial charge in [0.2, 0.25) is 11.8 Å². The van der Waals surface area contributed by atoms with Crippen LogP contribution in [0.2, 0.25) is 0 Å². The molecule has 0 radical (unpaired) electrons. The molecule has 0 unspecified atom stereocenters. The number of para-hydroxylation sites is 2. The minimum atomic E-state index is -1.63. The Labute approximate surface area is 192 Å². The lowest BCUT2D eigenvalue weighted by Crippen LogP contribution is -2.56. The van der Waals surface area contributed by atoms with E-state index < -0.39 is 41.0 Å². The molecule has 1 aliphatic rings. The van der Waals surface area contributed by atoms with Gasteiger partial charge in [0, 0.05) is 23.7 Å². The van der Waals surface area contributed by atoms with Crippen LogP contribution in [0.4, 0.5) is 11.4 Å². The molecule has 168 valence electrons. The van der Waals surface area contributed by atoms with Crippen molar-refractivity contribution in [3.05, 3.63) is 96.6 Å². The SMILES string of the molecule is C[C@@]1(O)CC(=O)[C@H](C(=O)Nc2ccccc2)[C@@H](c2ccccc2)[C@@H]1C(=O)Nc1ccccc1. The number of amides is 2. The molecule has 3 aromatic rings. The average Bonchev–Trinajstić information content (AvgIpc) is 2.79. The van der Waals surface area contributed by atoms with Gasteiger partial charge in [-0.3, -0.25) is 14.4 Å².